The number of benzene rings is 1. The Morgan fingerprint density at radius 2 is 1.05 bits per heavy atom. The molecular weight excluding hydrogens is 290 g/mol. The van der Waals surface area contributed by atoms with Gasteiger partial charge in [0.05, 0.1) is 0 Å². The molecule has 0 aromatic heterocycles. The van der Waals surface area contributed by atoms with E-state index in [9.17, 15) is 9.59 Å². The zero-order valence-electron chi connectivity index (χ0n) is 12.5. The number of aliphatic hydroxyl groups excluding tert-OH is 1. The normalized spacial score (nSPS) is 8.36. The Labute approximate surface area is 129 Å². The third-order valence-electron chi connectivity index (χ3n) is 1.04. The lowest BCUT2D eigenvalue weighted by atomic mass is 10.4. The molecule has 124 valence electrons. The molecular formula is C14H23N3O5. The molecule has 8 N–H and O–H groups in total. The van der Waals surface area contributed by atoms with E-state index < -0.39 is 11.9 Å². The second kappa shape index (κ2) is 18.1. The van der Waals surface area contributed by atoms with Crippen molar-refractivity contribution in [3.05, 3.63) is 48.6 Å². The van der Waals surface area contributed by atoms with Gasteiger partial charge in [0.2, 0.25) is 0 Å². The lowest BCUT2D eigenvalue weighted by Gasteiger charge is -1.80. The number of hydrogen-bond donors (Lipinski definition) is 6. The minimum absolute atomic E-state index is 0.167. The molecule has 1 aromatic rings. The van der Waals surface area contributed by atoms with Gasteiger partial charge in [0, 0.05) is 18.3 Å². The summed E-state index contributed by atoms with van der Waals surface area (Å²) in [7, 11) is 0. The lowest BCUT2D eigenvalue weighted by molar-refractivity contribution is -0.134. The molecule has 0 bridgehead atoms. The van der Waals surface area contributed by atoms with E-state index in [2.05, 4.69) is 11.5 Å². The van der Waals surface area contributed by atoms with Crippen molar-refractivity contribution in [1.82, 2.24) is 0 Å². The molecule has 0 unspecified atom stereocenters. The van der Waals surface area contributed by atoms with Crippen LogP contribution in [0.25, 0.3) is 0 Å². The van der Waals surface area contributed by atoms with Gasteiger partial charge < -0.3 is 26.8 Å². The van der Waals surface area contributed by atoms with Crippen LogP contribution in [0.4, 0.5) is 0 Å². The van der Waals surface area contributed by atoms with Crippen LogP contribution in [0, 0.1) is 5.41 Å². The Morgan fingerprint density at radius 1 is 0.909 bits per heavy atom. The first-order valence-electron chi connectivity index (χ1n) is 6.01. The van der Waals surface area contributed by atoms with Crippen LogP contribution >= 0.6 is 0 Å². The van der Waals surface area contributed by atoms with Gasteiger partial charge in [-0.25, -0.2) is 9.59 Å². The smallest absolute Gasteiger partial charge is 0.328 e. The van der Waals surface area contributed by atoms with Crippen molar-refractivity contribution < 1.29 is 24.9 Å². The number of rotatable bonds is 2. The average molecular weight is 313 g/mol. The van der Waals surface area contributed by atoms with Crippen molar-refractivity contribution in [3.63, 3.8) is 0 Å². The van der Waals surface area contributed by atoms with Gasteiger partial charge in [0.25, 0.3) is 0 Å². The third kappa shape index (κ3) is 67.4. The monoisotopic (exact) mass is 313 g/mol. The topological polar surface area (TPSA) is 171 Å². The maximum Gasteiger partial charge on any atom is 0.328 e. The fourth-order valence-corrected chi connectivity index (χ4v) is 0.527. The molecule has 8 nitrogen and oxygen atoms in total. The van der Waals surface area contributed by atoms with Crippen LogP contribution in [0.2, 0.25) is 0 Å². The van der Waals surface area contributed by atoms with Gasteiger partial charge in [-0.3, -0.25) is 5.41 Å². The molecule has 1 aromatic carbocycles. The maximum atomic E-state index is 9.55. The van der Waals surface area contributed by atoms with Crippen molar-refractivity contribution >= 4 is 17.9 Å². The fourth-order valence-electron chi connectivity index (χ4n) is 0.527. The number of carboxylic acid groups (broad SMARTS) is 2. The molecule has 0 atom stereocenters. The van der Waals surface area contributed by atoms with Gasteiger partial charge in [-0.1, -0.05) is 36.4 Å². The number of aliphatic hydroxyl groups is 1. The van der Waals surface area contributed by atoms with Crippen molar-refractivity contribution in [2.75, 3.05) is 0 Å². The van der Waals surface area contributed by atoms with Crippen molar-refractivity contribution in [2.45, 2.75) is 20.0 Å². The molecule has 1 rings (SSSR count). The lowest BCUT2D eigenvalue weighted by Crippen LogP contribution is -2.20. The first-order chi connectivity index (χ1) is 10.1. The van der Waals surface area contributed by atoms with E-state index in [-0.39, 0.29) is 12.1 Å². The zero-order valence-corrected chi connectivity index (χ0v) is 12.5. The maximum absolute atomic E-state index is 9.55. The number of hydrogen-bond acceptors (Lipinski definition) is 4. The SMILES string of the molecule is CC(C)O.N=C(N)N.O=C(O)/C=C/C(=O)O.c1ccccc1. The number of carboxylic acids is 2. The van der Waals surface area contributed by atoms with E-state index in [0.717, 1.165) is 0 Å². The van der Waals surface area contributed by atoms with Crippen molar-refractivity contribution in [1.29, 1.82) is 5.41 Å². The van der Waals surface area contributed by atoms with Crippen LogP contribution in [-0.2, 0) is 9.59 Å². The Morgan fingerprint density at radius 3 is 1.14 bits per heavy atom. The standard InChI is InChI=1S/C6H6.C4H4O4.C3H8O.CH5N3/c1-2-4-6-5-3-1;5-3(6)1-2-4(7)8;1-3(2)4;2-1(3)4/h1-6H;1-2H,(H,5,6)(H,7,8);3-4H,1-2H3;(H5,2,3,4)/b;2-1+;;. The van der Waals surface area contributed by atoms with Crippen LogP contribution < -0.4 is 11.5 Å². The van der Waals surface area contributed by atoms with Crippen LogP contribution in [-0.4, -0.2) is 39.3 Å². The number of aliphatic carboxylic acids is 2. The summed E-state index contributed by atoms with van der Waals surface area (Å²) < 4.78 is 0. The minimum Gasteiger partial charge on any atom is -0.478 e. The van der Waals surface area contributed by atoms with Gasteiger partial charge in [-0.15, -0.1) is 0 Å². The first-order valence-corrected chi connectivity index (χ1v) is 6.01. The van der Waals surface area contributed by atoms with Gasteiger partial charge >= 0.3 is 11.9 Å². The molecule has 0 saturated heterocycles. The molecule has 0 heterocycles. The molecule has 22 heavy (non-hydrogen) atoms. The third-order valence-corrected chi connectivity index (χ3v) is 1.04. The highest BCUT2D eigenvalue weighted by atomic mass is 16.4. The highest BCUT2D eigenvalue weighted by molar-refractivity contribution is 5.89. The molecule has 0 fully saturated rings. The summed E-state index contributed by atoms with van der Waals surface area (Å²) in [6.07, 6.45) is 0.949. The summed E-state index contributed by atoms with van der Waals surface area (Å²) in [5.41, 5.74) is 8.94. The predicted octanol–water partition coefficient (Wildman–Crippen LogP) is 0.624. The average Bonchev–Trinajstić information content (AvgIpc) is 2.38. The fraction of sp³-hybridized carbons (Fsp3) is 0.214. The molecule has 0 amide bonds. The summed E-state index contributed by atoms with van der Waals surface area (Å²) in [4.78, 5) is 19.1. The van der Waals surface area contributed by atoms with Crippen molar-refractivity contribution in [2.24, 2.45) is 11.5 Å². The molecule has 0 aliphatic carbocycles. The summed E-state index contributed by atoms with van der Waals surface area (Å²) in [5.74, 6) is -2.85. The van der Waals surface area contributed by atoms with Crippen LogP contribution in [0.1, 0.15) is 13.8 Å². The number of nitrogens with one attached hydrogen (secondary N) is 1. The highest BCUT2D eigenvalue weighted by Gasteiger charge is 1.88. The Balaban J connectivity index is -0.000000230. The van der Waals surface area contributed by atoms with Gasteiger partial charge in [-0.05, 0) is 13.8 Å². The van der Waals surface area contributed by atoms with Gasteiger partial charge in [0.1, 0.15) is 0 Å². The predicted molar refractivity (Wildman–Crippen MR) is 84.3 cm³/mol. The van der Waals surface area contributed by atoms with E-state index in [1.54, 1.807) is 13.8 Å². The molecule has 0 radical (unpaired) electrons. The second-order valence-corrected chi connectivity index (χ2v) is 3.71. The second-order valence-electron chi connectivity index (χ2n) is 3.71. The van der Waals surface area contributed by atoms with E-state index >= 15 is 0 Å². The number of nitrogens with two attached hydrogens (primary N) is 2. The summed E-state index contributed by atoms with van der Waals surface area (Å²) in [6, 6.07) is 12.0. The van der Waals surface area contributed by atoms with Crippen molar-refractivity contribution in [3.8, 4) is 0 Å². The van der Waals surface area contributed by atoms with Gasteiger partial charge in [0.15, 0.2) is 5.96 Å². The Kier molecular flexibility index (Phi) is 19.9. The van der Waals surface area contributed by atoms with Crippen LogP contribution in [0.5, 0.6) is 0 Å². The number of guanidine groups is 1. The summed E-state index contributed by atoms with van der Waals surface area (Å²) in [5, 5.41) is 29.7. The van der Waals surface area contributed by atoms with Crippen LogP contribution in [0.3, 0.4) is 0 Å². The summed E-state index contributed by atoms with van der Waals surface area (Å²) in [6.45, 7) is 3.44. The van der Waals surface area contributed by atoms with Gasteiger partial charge in [-0.2, -0.15) is 0 Å². The van der Waals surface area contributed by atoms with E-state index in [1.165, 1.54) is 0 Å². The van der Waals surface area contributed by atoms with E-state index in [1.807, 2.05) is 36.4 Å². The van der Waals surface area contributed by atoms with Crippen LogP contribution in [0.15, 0.2) is 48.6 Å². The molecule has 0 saturated carbocycles. The zero-order chi connectivity index (χ0) is 18.0. The van der Waals surface area contributed by atoms with E-state index in [0.29, 0.717) is 12.2 Å². The first kappa shape index (κ1) is 24.2. The van der Waals surface area contributed by atoms with E-state index in [4.69, 9.17) is 20.7 Å². The quantitative estimate of drug-likeness (QED) is 0.264. The Hall–Kier alpha value is -2.87. The molecule has 0 aliphatic heterocycles. The summed E-state index contributed by atoms with van der Waals surface area (Å²) >= 11 is 0. The molecule has 8 heteroatoms. The largest absolute Gasteiger partial charge is 0.478 e. The Bertz CT molecular complexity index is 384. The number of carbonyl (C=O) groups is 2. The highest BCUT2D eigenvalue weighted by Crippen LogP contribution is 1.79. The molecule has 0 spiro atoms. The molecule has 0 aliphatic rings. The minimum atomic E-state index is -1.26.